The molecule has 0 saturated heterocycles. The largest absolute Gasteiger partial charge is 0.435 e. The van der Waals surface area contributed by atoms with E-state index in [1.807, 2.05) is 6.07 Å². The van der Waals surface area contributed by atoms with Crippen molar-refractivity contribution in [3.8, 4) is 0 Å². The highest BCUT2D eigenvalue weighted by molar-refractivity contribution is 5.94. The fourth-order valence-corrected chi connectivity index (χ4v) is 2.27. The zero-order valence-corrected chi connectivity index (χ0v) is 11.8. The number of nitrogens with zero attached hydrogens (tertiary/aromatic N) is 2. The monoisotopic (exact) mass is 319 g/mol. The van der Waals surface area contributed by atoms with Crippen molar-refractivity contribution in [2.45, 2.75) is 12.7 Å². The summed E-state index contributed by atoms with van der Waals surface area (Å²) in [6.45, 7) is 0.136. The van der Waals surface area contributed by atoms with E-state index in [-0.39, 0.29) is 12.2 Å². The zero-order valence-electron chi connectivity index (χ0n) is 11.8. The molecule has 3 aromatic rings. The fourth-order valence-electron chi connectivity index (χ4n) is 2.27. The Balaban J connectivity index is 1.96. The van der Waals surface area contributed by atoms with Crippen molar-refractivity contribution in [3.63, 3.8) is 0 Å². The average Bonchev–Trinajstić information content (AvgIpc) is 2.93. The third-order valence-corrected chi connectivity index (χ3v) is 3.31. The molecule has 0 aliphatic carbocycles. The number of halogens is 3. The molecular formula is C16H12F3N3O. The molecule has 1 aromatic carbocycles. The predicted molar refractivity (Wildman–Crippen MR) is 77.8 cm³/mol. The number of imidazole rings is 1. The minimum absolute atomic E-state index is 0.0738. The molecule has 0 aliphatic heterocycles. The van der Waals surface area contributed by atoms with E-state index in [0.29, 0.717) is 0 Å². The van der Waals surface area contributed by atoms with Gasteiger partial charge in [0.25, 0.3) is 5.91 Å². The van der Waals surface area contributed by atoms with E-state index in [4.69, 9.17) is 0 Å². The third-order valence-electron chi connectivity index (χ3n) is 3.31. The first-order valence-corrected chi connectivity index (χ1v) is 6.83. The Morgan fingerprint density at radius 3 is 2.48 bits per heavy atom. The first kappa shape index (κ1) is 15.1. The molecule has 0 spiro atoms. The Kier molecular flexibility index (Phi) is 3.77. The van der Waals surface area contributed by atoms with E-state index in [9.17, 15) is 18.0 Å². The molecule has 0 aliphatic rings. The van der Waals surface area contributed by atoms with Crippen LogP contribution in [0.3, 0.4) is 0 Å². The number of pyridine rings is 1. The van der Waals surface area contributed by atoms with Crippen molar-refractivity contribution in [1.29, 1.82) is 0 Å². The molecule has 118 valence electrons. The molecule has 7 heteroatoms. The van der Waals surface area contributed by atoms with E-state index >= 15 is 0 Å². The summed E-state index contributed by atoms with van der Waals surface area (Å²) in [5, 5.41) is 2.51. The quantitative estimate of drug-likeness (QED) is 0.805. The van der Waals surface area contributed by atoms with Crippen LogP contribution in [0.1, 0.15) is 21.7 Å². The molecule has 3 rings (SSSR count). The van der Waals surface area contributed by atoms with Crippen molar-refractivity contribution in [1.82, 2.24) is 14.7 Å². The second-order valence-corrected chi connectivity index (χ2v) is 4.90. The fraction of sp³-hybridized carbons (Fsp3) is 0.125. The van der Waals surface area contributed by atoms with Gasteiger partial charge in [-0.3, -0.25) is 9.20 Å². The summed E-state index contributed by atoms with van der Waals surface area (Å²) in [6.07, 6.45) is -3.32. The second-order valence-electron chi connectivity index (χ2n) is 4.90. The van der Waals surface area contributed by atoms with E-state index in [0.717, 1.165) is 9.96 Å². The summed E-state index contributed by atoms with van der Waals surface area (Å²) >= 11 is 0. The Labute approximate surface area is 129 Å². The molecule has 1 amide bonds. The van der Waals surface area contributed by atoms with Crippen LogP contribution in [-0.2, 0) is 12.7 Å². The maximum absolute atomic E-state index is 13.2. The minimum Gasteiger partial charge on any atom is -0.347 e. The van der Waals surface area contributed by atoms with Gasteiger partial charge < -0.3 is 5.32 Å². The van der Waals surface area contributed by atoms with Crippen LogP contribution in [-0.4, -0.2) is 15.3 Å². The molecule has 0 radical (unpaired) electrons. The lowest BCUT2D eigenvalue weighted by Crippen LogP contribution is -2.27. The van der Waals surface area contributed by atoms with Gasteiger partial charge in [-0.2, -0.15) is 13.2 Å². The molecule has 0 atom stereocenters. The summed E-state index contributed by atoms with van der Waals surface area (Å²) in [5.74, 6) is -0.820. The number of hydrogen-bond donors (Lipinski definition) is 1. The lowest BCUT2D eigenvalue weighted by molar-refractivity contribution is -0.141. The lowest BCUT2D eigenvalue weighted by Gasteiger charge is -2.09. The van der Waals surface area contributed by atoms with Crippen LogP contribution in [0.4, 0.5) is 13.2 Å². The van der Waals surface area contributed by atoms with Gasteiger partial charge in [0, 0.05) is 12.7 Å². The van der Waals surface area contributed by atoms with Crippen LogP contribution in [0, 0.1) is 0 Å². The van der Waals surface area contributed by atoms with E-state index in [1.165, 1.54) is 12.3 Å². The van der Waals surface area contributed by atoms with Crippen LogP contribution >= 0.6 is 0 Å². The predicted octanol–water partition coefficient (Wildman–Crippen LogP) is 3.28. The highest BCUT2D eigenvalue weighted by Gasteiger charge is 2.39. The SMILES string of the molecule is O=C(NCc1ccccc1)c1c(C(F)(F)F)nc2ccccn12. The topological polar surface area (TPSA) is 46.4 Å². The zero-order chi connectivity index (χ0) is 16.4. The molecule has 4 nitrogen and oxygen atoms in total. The van der Waals surface area contributed by atoms with Crippen LogP contribution in [0.2, 0.25) is 0 Å². The lowest BCUT2D eigenvalue weighted by atomic mass is 10.2. The molecule has 0 saturated carbocycles. The molecular weight excluding hydrogens is 307 g/mol. The molecule has 0 bridgehead atoms. The van der Waals surface area contributed by atoms with Gasteiger partial charge in [-0.1, -0.05) is 36.4 Å². The van der Waals surface area contributed by atoms with Crippen LogP contribution in [0.25, 0.3) is 5.65 Å². The summed E-state index contributed by atoms with van der Waals surface area (Å²) in [5.41, 5.74) is -0.828. The molecule has 0 unspecified atom stereocenters. The van der Waals surface area contributed by atoms with Crippen LogP contribution in [0.15, 0.2) is 54.7 Å². The van der Waals surface area contributed by atoms with Crippen molar-refractivity contribution in [3.05, 3.63) is 71.7 Å². The van der Waals surface area contributed by atoms with Gasteiger partial charge in [-0.15, -0.1) is 0 Å². The molecule has 2 aromatic heterocycles. The van der Waals surface area contributed by atoms with Crippen molar-refractivity contribution in [2.75, 3.05) is 0 Å². The summed E-state index contributed by atoms with van der Waals surface area (Å²) in [6, 6.07) is 13.5. The molecule has 0 fully saturated rings. The van der Waals surface area contributed by atoms with Gasteiger partial charge in [-0.05, 0) is 17.7 Å². The molecule has 2 heterocycles. The van der Waals surface area contributed by atoms with Gasteiger partial charge in [-0.25, -0.2) is 4.98 Å². The van der Waals surface area contributed by atoms with Gasteiger partial charge in [0.05, 0.1) is 0 Å². The summed E-state index contributed by atoms with van der Waals surface area (Å²) in [7, 11) is 0. The van der Waals surface area contributed by atoms with Gasteiger partial charge in [0.15, 0.2) is 5.69 Å². The van der Waals surface area contributed by atoms with Crippen LogP contribution < -0.4 is 5.32 Å². The summed E-state index contributed by atoms with van der Waals surface area (Å²) in [4.78, 5) is 15.8. The normalized spacial score (nSPS) is 11.6. The Hall–Kier alpha value is -2.83. The Morgan fingerprint density at radius 1 is 1.09 bits per heavy atom. The number of alkyl halides is 3. The maximum atomic E-state index is 13.2. The minimum atomic E-state index is -4.70. The number of nitrogens with one attached hydrogen (secondary N) is 1. The Bertz CT molecular complexity index is 841. The van der Waals surface area contributed by atoms with E-state index in [1.54, 1.807) is 36.4 Å². The van der Waals surface area contributed by atoms with Gasteiger partial charge in [0.2, 0.25) is 0 Å². The first-order chi connectivity index (χ1) is 11.0. The van der Waals surface area contributed by atoms with Crippen molar-refractivity contribution in [2.24, 2.45) is 0 Å². The highest BCUT2D eigenvalue weighted by Crippen LogP contribution is 2.31. The number of hydrogen-bond acceptors (Lipinski definition) is 2. The first-order valence-electron chi connectivity index (χ1n) is 6.83. The number of carbonyl (C=O) groups excluding carboxylic acids is 1. The van der Waals surface area contributed by atoms with E-state index in [2.05, 4.69) is 10.3 Å². The standard InChI is InChI=1S/C16H12F3N3O/c17-16(18,19)14-13(22-9-5-4-8-12(22)21-14)15(23)20-10-11-6-2-1-3-7-11/h1-9H,10H2,(H,20,23). The van der Waals surface area contributed by atoms with Gasteiger partial charge in [0.1, 0.15) is 11.3 Å². The number of amides is 1. The molecule has 1 N–H and O–H groups in total. The third kappa shape index (κ3) is 3.03. The van der Waals surface area contributed by atoms with Crippen LogP contribution in [0.5, 0.6) is 0 Å². The van der Waals surface area contributed by atoms with E-state index < -0.39 is 23.5 Å². The number of fused-ring (bicyclic) bond motifs is 1. The maximum Gasteiger partial charge on any atom is 0.435 e. The molecule has 23 heavy (non-hydrogen) atoms. The van der Waals surface area contributed by atoms with Gasteiger partial charge >= 0.3 is 6.18 Å². The van der Waals surface area contributed by atoms with Crippen molar-refractivity contribution >= 4 is 11.6 Å². The number of benzene rings is 1. The summed E-state index contributed by atoms with van der Waals surface area (Å²) < 4.78 is 40.6. The number of rotatable bonds is 3. The number of aromatic nitrogens is 2. The smallest absolute Gasteiger partial charge is 0.347 e. The van der Waals surface area contributed by atoms with Crippen molar-refractivity contribution < 1.29 is 18.0 Å². The second kappa shape index (κ2) is 5.75. The Morgan fingerprint density at radius 2 is 1.78 bits per heavy atom. The average molecular weight is 319 g/mol. The highest BCUT2D eigenvalue weighted by atomic mass is 19.4. The number of carbonyl (C=O) groups is 1.